The van der Waals surface area contributed by atoms with Gasteiger partial charge in [0.2, 0.25) is 11.2 Å². The molecule has 118 valence electrons. The van der Waals surface area contributed by atoms with Gasteiger partial charge in [0.1, 0.15) is 11.6 Å². The van der Waals surface area contributed by atoms with E-state index >= 15 is 0 Å². The van der Waals surface area contributed by atoms with Crippen LogP contribution in [-0.2, 0) is 11.0 Å². The lowest BCUT2D eigenvalue weighted by Crippen LogP contribution is -2.57. The zero-order chi connectivity index (χ0) is 16.6. The van der Waals surface area contributed by atoms with Gasteiger partial charge < -0.3 is 0 Å². The number of nitrogens with zero attached hydrogens (tertiary/aromatic N) is 1. The number of allylic oxidation sites excluding steroid dienone is 1. The van der Waals surface area contributed by atoms with E-state index in [4.69, 9.17) is 0 Å². The van der Waals surface area contributed by atoms with E-state index in [0.29, 0.717) is 17.5 Å². The molecule has 0 spiro atoms. The highest BCUT2D eigenvalue weighted by Gasteiger charge is 2.81. The summed E-state index contributed by atoms with van der Waals surface area (Å²) >= 11 is 0. The fourth-order valence-electron chi connectivity index (χ4n) is 5.15. The molecule has 1 aromatic heterocycles. The zero-order valence-electron chi connectivity index (χ0n) is 13.7. The van der Waals surface area contributed by atoms with Gasteiger partial charge in [-0.15, -0.1) is 0 Å². The first-order valence-corrected chi connectivity index (χ1v) is 8.18. The molecule has 2 unspecified atom stereocenters. The molecule has 1 nitrogen and oxygen atoms in total. The predicted molar refractivity (Wildman–Crippen MR) is 86.1 cm³/mol. The number of hydrogen-bond donors (Lipinski definition) is 0. The maximum absolute atomic E-state index is 14.8. The summed E-state index contributed by atoms with van der Waals surface area (Å²) in [6.45, 7) is 10.5. The lowest BCUT2D eigenvalue weighted by atomic mass is 9.79. The molecule has 0 saturated heterocycles. The maximum Gasteiger partial charge on any atom is 0.216 e. The number of aromatic nitrogens is 1. The largest absolute Gasteiger partial charge is 0.216 e. The molecule has 1 saturated carbocycles. The summed E-state index contributed by atoms with van der Waals surface area (Å²) in [5, 5.41) is 0. The first-order valence-electron chi connectivity index (χ1n) is 8.18. The van der Waals surface area contributed by atoms with E-state index in [1.54, 1.807) is 0 Å². The first kappa shape index (κ1) is 14.6. The highest BCUT2D eigenvalue weighted by molar-refractivity contribution is 5.75. The molecule has 4 rings (SSSR count). The summed E-state index contributed by atoms with van der Waals surface area (Å²) < 4.78 is 31.7. The first-order chi connectivity index (χ1) is 11.0. The lowest BCUT2D eigenvalue weighted by Gasteiger charge is -2.29. The highest BCUT2D eigenvalue weighted by atomic mass is 19.1. The normalized spacial score (nSPS) is 27.3. The van der Waals surface area contributed by atoms with Gasteiger partial charge in [-0.1, -0.05) is 20.4 Å². The second-order valence-corrected chi connectivity index (χ2v) is 6.62. The molecule has 2 atom stereocenters. The van der Waals surface area contributed by atoms with E-state index < -0.39 is 5.41 Å². The Morgan fingerprint density at radius 1 is 1.04 bits per heavy atom. The number of rotatable bonds is 2. The van der Waals surface area contributed by atoms with Crippen molar-refractivity contribution in [2.45, 2.75) is 44.6 Å². The van der Waals surface area contributed by atoms with Gasteiger partial charge in [0.05, 0.1) is 11.0 Å². The van der Waals surface area contributed by atoms with E-state index in [1.807, 2.05) is 32.0 Å². The van der Waals surface area contributed by atoms with Crippen LogP contribution in [0.2, 0.25) is 0 Å². The topological polar surface area (TPSA) is 3.88 Å². The van der Waals surface area contributed by atoms with Crippen LogP contribution < -0.4 is 4.57 Å². The van der Waals surface area contributed by atoms with E-state index in [-0.39, 0.29) is 17.2 Å². The van der Waals surface area contributed by atoms with Gasteiger partial charge >= 0.3 is 0 Å². The third-order valence-corrected chi connectivity index (χ3v) is 6.05. The van der Waals surface area contributed by atoms with Crippen molar-refractivity contribution in [2.75, 3.05) is 0 Å². The molecule has 0 radical (unpaired) electrons. The average Bonchev–Trinajstić information content (AvgIpc) is 3.10. The Hall–Kier alpha value is -2.03. The van der Waals surface area contributed by atoms with E-state index in [1.165, 1.54) is 12.1 Å². The quantitative estimate of drug-likeness (QED) is 0.565. The van der Waals surface area contributed by atoms with E-state index in [2.05, 4.69) is 18.1 Å². The molecule has 2 aliphatic rings. The van der Waals surface area contributed by atoms with Crippen molar-refractivity contribution in [2.24, 2.45) is 0 Å². The monoisotopic (exact) mass is 312 g/mol. The SMILES string of the molecule is C=C1C2(CC)c3c(F)ccc(F)c3-c3cccc(C)[n+]3C12CC. The van der Waals surface area contributed by atoms with E-state index in [9.17, 15) is 8.78 Å². The van der Waals surface area contributed by atoms with Crippen molar-refractivity contribution < 1.29 is 13.3 Å². The fourth-order valence-corrected chi connectivity index (χ4v) is 5.15. The van der Waals surface area contributed by atoms with Gasteiger partial charge in [-0.2, -0.15) is 4.57 Å². The summed E-state index contributed by atoms with van der Waals surface area (Å²) in [6.07, 6.45) is 1.53. The minimum Gasteiger partial charge on any atom is -0.207 e. The molecular formula is C20H20F2N+. The van der Waals surface area contributed by atoms with Crippen LogP contribution in [0, 0.1) is 18.6 Å². The Kier molecular flexibility index (Phi) is 2.71. The summed E-state index contributed by atoms with van der Waals surface area (Å²) in [5.41, 5.74) is 2.85. The Bertz CT molecular complexity index is 870. The zero-order valence-corrected chi connectivity index (χ0v) is 13.7. The molecule has 1 aliphatic heterocycles. The standard InChI is InChI=1S/C20H20F2N/c1-5-19-13(4)20(19,6-2)23-12(3)8-7-9-16(23)17-14(21)10-11-15(22)18(17)19/h7-11H,4-6H2,1-3H3/q+1. The van der Waals surface area contributed by atoms with Gasteiger partial charge in [0, 0.05) is 36.6 Å². The second kappa shape index (κ2) is 4.28. The van der Waals surface area contributed by atoms with Crippen LogP contribution >= 0.6 is 0 Å². The molecule has 1 fully saturated rings. The summed E-state index contributed by atoms with van der Waals surface area (Å²) in [5.74, 6) is -0.689. The highest BCUT2D eigenvalue weighted by Crippen LogP contribution is 2.71. The number of halogens is 2. The van der Waals surface area contributed by atoms with E-state index in [0.717, 1.165) is 23.4 Å². The van der Waals surface area contributed by atoms with Crippen molar-refractivity contribution in [3.05, 3.63) is 65.4 Å². The van der Waals surface area contributed by atoms with Gasteiger partial charge in [-0.05, 0) is 24.6 Å². The third-order valence-electron chi connectivity index (χ3n) is 6.05. The number of pyridine rings is 1. The van der Waals surface area contributed by atoms with Crippen LogP contribution in [0.3, 0.4) is 0 Å². The predicted octanol–water partition coefficient (Wildman–Crippen LogP) is 4.56. The smallest absolute Gasteiger partial charge is 0.207 e. The van der Waals surface area contributed by atoms with Gasteiger partial charge in [-0.3, -0.25) is 0 Å². The molecule has 3 heteroatoms. The average molecular weight is 312 g/mol. The number of aryl methyl sites for hydroxylation is 1. The van der Waals surface area contributed by atoms with Crippen LogP contribution in [0.15, 0.2) is 42.5 Å². The fraction of sp³-hybridized carbons (Fsp3) is 0.350. The Balaban J connectivity index is 2.25. The molecule has 1 aliphatic carbocycles. The number of benzene rings is 1. The van der Waals surface area contributed by atoms with Crippen molar-refractivity contribution in [1.82, 2.24) is 0 Å². The molecule has 0 bridgehead atoms. The Morgan fingerprint density at radius 3 is 2.39 bits per heavy atom. The van der Waals surface area contributed by atoms with Gasteiger partial charge in [-0.25, -0.2) is 8.78 Å². The molecular weight excluding hydrogens is 292 g/mol. The van der Waals surface area contributed by atoms with Crippen molar-refractivity contribution in [3.63, 3.8) is 0 Å². The molecule has 2 heterocycles. The number of hydrogen-bond acceptors (Lipinski definition) is 0. The van der Waals surface area contributed by atoms with Crippen molar-refractivity contribution in [3.8, 4) is 11.3 Å². The van der Waals surface area contributed by atoms with Gasteiger partial charge in [0.25, 0.3) is 0 Å². The minimum atomic E-state index is -0.507. The molecule has 2 aromatic rings. The Morgan fingerprint density at radius 2 is 1.74 bits per heavy atom. The summed E-state index contributed by atoms with van der Waals surface area (Å²) in [7, 11) is 0. The summed E-state index contributed by atoms with van der Waals surface area (Å²) in [6, 6.07) is 8.30. The second-order valence-electron chi connectivity index (χ2n) is 6.62. The molecule has 1 aromatic carbocycles. The lowest BCUT2D eigenvalue weighted by molar-refractivity contribution is -0.737. The Labute approximate surface area is 135 Å². The van der Waals surface area contributed by atoms with Crippen molar-refractivity contribution >= 4 is 0 Å². The maximum atomic E-state index is 14.8. The molecule has 0 N–H and O–H groups in total. The van der Waals surface area contributed by atoms with Crippen LogP contribution in [0.5, 0.6) is 0 Å². The van der Waals surface area contributed by atoms with Crippen LogP contribution in [0.1, 0.15) is 37.9 Å². The van der Waals surface area contributed by atoms with Gasteiger partial charge in [0.15, 0.2) is 5.69 Å². The molecule has 23 heavy (non-hydrogen) atoms. The molecule has 0 amide bonds. The van der Waals surface area contributed by atoms with Crippen LogP contribution in [-0.4, -0.2) is 0 Å². The number of fused-ring (bicyclic) bond motifs is 6. The van der Waals surface area contributed by atoms with Crippen LogP contribution in [0.4, 0.5) is 8.78 Å². The van der Waals surface area contributed by atoms with Crippen LogP contribution in [0.25, 0.3) is 11.3 Å². The minimum absolute atomic E-state index is 0.326. The van der Waals surface area contributed by atoms with Crippen molar-refractivity contribution in [1.29, 1.82) is 0 Å². The summed E-state index contributed by atoms with van der Waals surface area (Å²) in [4.78, 5) is 0. The third kappa shape index (κ3) is 1.32.